The van der Waals surface area contributed by atoms with Crippen molar-refractivity contribution in [3.8, 4) is 0 Å². The Morgan fingerprint density at radius 2 is 1.91 bits per heavy atom. The van der Waals surface area contributed by atoms with E-state index >= 15 is 0 Å². The van der Waals surface area contributed by atoms with Crippen LogP contribution in [0.4, 0.5) is 11.4 Å². The van der Waals surface area contributed by atoms with Gasteiger partial charge >= 0.3 is 0 Å². The minimum atomic E-state index is -3.71. The van der Waals surface area contributed by atoms with Gasteiger partial charge in [-0.05, 0) is 37.3 Å². The molecule has 0 unspecified atom stereocenters. The SMILES string of the molecule is CCNc1ccc(S(=O)(=O)N2C[C@@H](C)C[C@H](C)C2)cc1[N+](=O)[O-]. The summed E-state index contributed by atoms with van der Waals surface area (Å²) in [4.78, 5) is 10.6. The summed E-state index contributed by atoms with van der Waals surface area (Å²) in [5, 5.41) is 14.1. The summed E-state index contributed by atoms with van der Waals surface area (Å²) in [7, 11) is -3.71. The lowest BCUT2D eigenvalue weighted by molar-refractivity contribution is -0.384. The molecule has 23 heavy (non-hydrogen) atoms. The number of nitrogens with zero attached hydrogens (tertiary/aromatic N) is 2. The zero-order valence-electron chi connectivity index (χ0n) is 13.7. The number of nitro benzene ring substituents is 1. The van der Waals surface area contributed by atoms with Gasteiger partial charge in [-0.25, -0.2) is 8.42 Å². The summed E-state index contributed by atoms with van der Waals surface area (Å²) >= 11 is 0. The number of benzene rings is 1. The predicted molar refractivity (Wildman–Crippen MR) is 89.0 cm³/mol. The van der Waals surface area contributed by atoms with Gasteiger partial charge in [0.1, 0.15) is 5.69 Å². The Morgan fingerprint density at radius 3 is 2.43 bits per heavy atom. The third-order valence-electron chi connectivity index (χ3n) is 4.01. The largest absolute Gasteiger partial charge is 0.380 e. The Balaban J connectivity index is 2.40. The molecule has 1 heterocycles. The number of sulfonamides is 1. The second kappa shape index (κ2) is 6.84. The Hall–Kier alpha value is -1.67. The lowest BCUT2D eigenvalue weighted by Crippen LogP contribution is -2.42. The molecule has 0 aromatic heterocycles. The van der Waals surface area contributed by atoms with Crippen LogP contribution < -0.4 is 5.32 Å². The van der Waals surface area contributed by atoms with Crippen LogP contribution in [-0.2, 0) is 10.0 Å². The van der Waals surface area contributed by atoms with Gasteiger partial charge in [0.15, 0.2) is 0 Å². The monoisotopic (exact) mass is 341 g/mol. The molecule has 8 heteroatoms. The van der Waals surface area contributed by atoms with Gasteiger partial charge in [0.2, 0.25) is 10.0 Å². The zero-order valence-corrected chi connectivity index (χ0v) is 14.5. The topological polar surface area (TPSA) is 92.6 Å². The second-order valence-electron chi connectivity index (χ2n) is 6.23. The number of nitro groups is 1. The van der Waals surface area contributed by atoms with Crippen molar-refractivity contribution in [2.24, 2.45) is 11.8 Å². The molecule has 128 valence electrons. The van der Waals surface area contributed by atoms with Crippen LogP contribution in [0.5, 0.6) is 0 Å². The highest BCUT2D eigenvalue weighted by Gasteiger charge is 2.32. The summed E-state index contributed by atoms with van der Waals surface area (Å²) in [5.41, 5.74) is 0.114. The van der Waals surface area contributed by atoms with Crippen molar-refractivity contribution < 1.29 is 13.3 Å². The van der Waals surface area contributed by atoms with Crippen LogP contribution in [0, 0.1) is 22.0 Å². The highest BCUT2D eigenvalue weighted by molar-refractivity contribution is 7.89. The molecule has 0 radical (unpaired) electrons. The number of nitrogens with one attached hydrogen (secondary N) is 1. The predicted octanol–water partition coefficient (Wildman–Crippen LogP) is 2.69. The minimum Gasteiger partial charge on any atom is -0.380 e. The standard InChI is InChI=1S/C15H23N3O4S/c1-4-16-14-6-5-13(8-15(14)18(19)20)23(21,22)17-9-11(2)7-12(3)10-17/h5-6,8,11-12,16H,4,7,9-10H2,1-3H3/t11-,12-/m0/s1. The Morgan fingerprint density at radius 1 is 1.30 bits per heavy atom. The van der Waals surface area contributed by atoms with E-state index in [1.807, 2.05) is 20.8 Å². The molecule has 0 amide bonds. The van der Waals surface area contributed by atoms with Crippen molar-refractivity contribution in [3.05, 3.63) is 28.3 Å². The van der Waals surface area contributed by atoms with Crippen molar-refractivity contribution in [2.45, 2.75) is 32.1 Å². The molecule has 7 nitrogen and oxygen atoms in total. The molecule has 2 atom stereocenters. The molecule has 0 aliphatic carbocycles. The Bertz CT molecular complexity index is 680. The van der Waals surface area contributed by atoms with Crippen LogP contribution in [0.15, 0.2) is 23.1 Å². The van der Waals surface area contributed by atoms with Crippen LogP contribution in [0.2, 0.25) is 0 Å². The second-order valence-corrected chi connectivity index (χ2v) is 8.17. The van der Waals surface area contributed by atoms with Crippen molar-refractivity contribution in [1.82, 2.24) is 4.31 Å². The molecule has 1 fully saturated rings. The molecule has 1 N–H and O–H groups in total. The van der Waals surface area contributed by atoms with Crippen LogP contribution in [0.1, 0.15) is 27.2 Å². The van der Waals surface area contributed by atoms with Crippen LogP contribution in [-0.4, -0.2) is 37.3 Å². The van der Waals surface area contributed by atoms with E-state index in [-0.39, 0.29) is 22.4 Å². The average Bonchev–Trinajstić information content (AvgIpc) is 2.46. The number of anilines is 1. The van der Waals surface area contributed by atoms with Crippen molar-refractivity contribution >= 4 is 21.4 Å². The molecule has 1 saturated heterocycles. The minimum absolute atomic E-state index is 0.0212. The number of hydrogen-bond acceptors (Lipinski definition) is 5. The first-order valence-electron chi connectivity index (χ1n) is 7.78. The van der Waals surface area contributed by atoms with Gasteiger partial charge in [0.05, 0.1) is 9.82 Å². The van der Waals surface area contributed by atoms with Crippen molar-refractivity contribution in [1.29, 1.82) is 0 Å². The lowest BCUT2D eigenvalue weighted by atomic mass is 9.94. The van der Waals surface area contributed by atoms with Crippen molar-refractivity contribution in [2.75, 3.05) is 25.0 Å². The van der Waals surface area contributed by atoms with Crippen LogP contribution in [0.3, 0.4) is 0 Å². The van der Waals surface area contributed by atoms with E-state index in [4.69, 9.17) is 0 Å². The highest BCUT2D eigenvalue weighted by atomic mass is 32.2. The molecule has 0 saturated carbocycles. The molecule has 1 aromatic carbocycles. The summed E-state index contributed by atoms with van der Waals surface area (Å²) in [5.74, 6) is 0.564. The van der Waals surface area contributed by atoms with Gasteiger partial charge in [0, 0.05) is 25.7 Å². The lowest BCUT2D eigenvalue weighted by Gasteiger charge is -2.34. The van der Waals surface area contributed by atoms with E-state index in [0.29, 0.717) is 25.3 Å². The maximum absolute atomic E-state index is 12.8. The van der Waals surface area contributed by atoms with E-state index < -0.39 is 14.9 Å². The fourth-order valence-electron chi connectivity index (χ4n) is 3.11. The van der Waals surface area contributed by atoms with Gasteiger partial charge in [-0.2, -0.15) is 4.31 Å². The van der Waals surface area contributed by atoms with Crippen LogP contribution >= 0.6 is 0 Å². The molecule has 0 spiro atoms. The number of piperidine rings is 1. The maximum atomic E-state index is 12.8. The van der Waals surface area contributed by atoms with E-state index in [1.54, 1.807) is 0 Å². The fourth-order valence-corrected chi connectivity index (χ4v) is 4.81. The van der Waals surface area contributed by atoms with Gasteiger partial charge in [0.25, 0.3) is 5.69 Å². The maximum Gasteiger partial charge on any atom is 0.293 e. The Kier molecular flexibility index (Phi) is 5.26. The van der Waals surface area contributed by atoms with Crippen molar-refractivity contribution in [3.63, 3.8) is 0 Å². The van der Waals surface area contributed by atoms with Gasteiger partial charge < -0.3 is 5.32 Å². The number of rotatable bonds is 5. The van der Waals surface area contributed by atoms with Gasteiger partial charge in [-0.15, -0.1) is 0 Å². The first-order chi connectivity index (χ1) is 10.8. The zero-order chi connectivity index (χ0) is 17.2. The summed E-state index contributed by atoms with van der Waals surface area (Å²) in [6.45, 7) is 7.30. The third-order valence-corrected chi connectivity index (χ3v) is 5.83. The molecule has 2 rings (SSSR count). The van der Waals surface area contributed by atoms with E-state index in [1.165, 1.54) is 16.4 Å². The highest BCUT2D eigenvalue weighted by Crippen LogP contribution is 2.31. The first kappa shape index (κ1) is 17.7. The number of hydrogen-bond donors (Lipinski definition) is 1. The van der Waals surface area contributed by atoms with Crippen LogP contribution in [0.25, 0.3) is 0 Å². The van der Waals surface area contributed by atoms with E-state index in [2.05, 4.69) is 5.32 Å². The molecular formula is C15H23N3O4S. The van der Waals surface area contributed by atoms with E-state index in [9.17, 15) is 18.5 Å². The summed E-state index contributed by atoms with van der Waals surface area (Å²) < 4.78 is 27.1. The van der Waals surface area contributed by atoms with Gasteiger partial charge in [-0.3, -0.25) is 10.1 Å². The molecule has 1 aliphatic rings. The molecule has 1 aliphatic heterocycles. The summed E-state index contributed by atoms with van der Waals surface area (Å²) in [6, 6.07) is 4.05. The smallest absolute Gasteiger partial charge is 0.293 e. The van der Waals surface area contributed by atoms with Gasteiger partial charge in [-0.1, -0.05) is 13.8 Å². The third kappa shape index (κ3) is 3.81. The summed E-state index contributed by atoms with van der Waals surface area (Å²) in [6.07, 6.45) is 0.992. The van der Waals surface area contributed by atoms with E-state index in [0.717, 1.165) is 12.5 Å². The quantitative estimate of drug-likeness (QED) is 0.656. The molecule has 1 aromatic rings. The fraction of sp³-hybridized carbons (Fsp3) is 0.600. The Labute approximate surface area is 136 Å². The first-order valence-corrected chi connectivity index (χ1v) is 9.22. The molecule has 0 bridgehead atoms. The average molecular weight is 341 g/mol. The molecular weight excluding hydrogens is 318 g/mol. The normalized spacial score (nSPS) is 22.7.